The topological polar surface area (TPSA) is 76.2 Å². The van der Waals surface area contributed by atoms with Gasteiger partial charge in [-0.3, -0.25) is 4.79 Å². The van der Waals surface area contributed by atoms with E-state index in [9.17, 15) is 14.4 Å². The lowest BCUT2D eigenvalue weighted by atomic mass is 10.1. The standard InChI is InChI=1S/C18H26N2O5/c1-13(21)20(19(5)17(23)25-18(2,3)4)12-11-14-7-9-15(10-8-14)16(22)24-6/h7-10H,11-12H2,1-6H3. The first-order valence-electron chi connectivity index (χ1n) is 7.97. The summed E-state index contributed by atoms with van der Waals surface area (Å²) in [5.74, 6) is -0.666. The lowest BCUT2D eigenvalue weighted by molar-refractivity contribution is -0.143. The second-order valence-corrected chi connectivity index (χ2v) is 6.58. The van der Waals surface area contributed by atoms with E-state index < -0.39 is 17.7 Å². The summed E-state index contributed by atoms with van der Waals surface area (Å²) >= 11 is 0. The second-order valence-electron chi connectivity index (χ2n) is 6.58. The molecule has 0 aliphatic heterocycles. The molecule has 138 valence electrons. The first kappa shape index (κ1) is 20.5. The largest absolute Gasteiger partial charge is 0.465 e. The quantitative estimate of drug-likeness (QED) is 0.616. The van der Waals surface area contributed by atoms with E-state index in [1.165, 1.54) is 31.1 Å². The Kier molecular flexibility index (Phi) is 6.97. The normalized spacial score (nSPS) is 10.8. The van der Waals surface area contributed by atoms with Crippen molar-refractivity contribution >= 4 is 18.0 Å². The maximum Gasteiger partial charge on any atom is 0.429 e. The van der Waals surface area contributed by atoms with Crippen molar-refractivity contribution in [3.63, 3.8) is 0 Å². The van der Waals surface area contributed by atoms with E-state index in [1.807, 2.05) is 0 Å². The molecule has 25 heavy (non-hydrogen) atoms. The molecule has 1 aromatic rings. The van der Waals surface area contributed by atoms with Crippen LogP contribution in [0.5, 0.6) is 0 Å². The van der Waals surface area contributed by atoms with Gasteiger partial charge in [-0.2, -0.15) is 0 Å². The Hall–Kier alpha value is -2.57. The SMILES string of the molecule is COC(=O)c1ccc(CCN(C(C)=O)N(C)C(=O)OC(C)(C)C)cc1. The summed E-state index contributed by atoms with van der Waals surface area (Å²) < 4.78 is 9.93. The molecule has 0 fully saturated rings. The van der Waals surface area contributed by atoms with Gasteiger partial charge in [0, 0.05) is 20.5 Å². The summed E-state index contributed by atoms with van der Waals surface area (Å²) in [4.78, 5) is 35.4. The van der Waals surface area contributed by atoms with Crippen LogP contribution in [0.25, 0.3) is 0 Å². The molecule has 0 saturated carbocycles. The van der Waals surface area contributed by atoms with Crippen molar-refractivity contribution in [2.24, 2.45) is 0 Å². The highest BCUT2D eigenvalue weighted by Gasteiger charge is 2.25. The van der Waals surface area contributed by atoms with Crippen molar-refractivity contribution in [3.05, 3.63) is 35.4 Å². The molecule has 0 heterocycles. The van der Waals surface area contributed by atoms with Gasteiger partial charge in [0.05, 0.1) is 12.7 Å². The fourth-order valence-electron chi connectivity index (χ4n) is 2.11. The number of hydrogen-bond donors (Lipinski definition) is 0. The Morgan fingerprint density at radius 1 is 1.08 bits per heavy atom. The molecule has 0 saturated heterocycles. The molecule has 2 amide bonds. The third-order valence-electron chi connectivity index (χ3n) is 3.37. The number of hydrazine groups is 1. The van der Waals surface area contributed by atoms with Gasteiger partial charge in [-0.15, -0.1) is 0 Å². The molecule has 0 radical (unpaired) electrons. The lowest BCUT2D eigenvalue weighted by Gasteiger charge is -2.32. The van der Waals surface area contributed by atoms with Crippen molar-refractivity contribution in [2.45, 2.75) is 39.7 Å². The Labute approximate surface area is 148 Å². The van der Waals surface area contributed by atoms with Crippen molar-refractivity contribution in [1.82, 2.24) is 10.0 Å². The minimum absolute atomic E-state index is 0.264. The number of carbonyl (C=O) groups is 3. The summed E-state index contributed by atoms with van der Waals surface area (Å²) in [5.41, 5.74) is 0.745. The summed E-state index contributed by atoms with van der Waals surface area (Å²) in [6, 6.07) is 6.91. The van der Waals surface area contributed by atoms with E-state index in [0.717, 1.165) is 5.56 Å². The van der Waals surface area contributed by atoms with Crippen LogP contribution in [-0.4, -0.2) is 54.3 Å². The van der Waals surface area contributed by atoms with Gasteiger partial charge in [0.1, 0.15) is 5.60 Å². The molecule has 7 heteroatoms. The van der Waals surface area contributed by atoms with Crippen LogP contribution in [0.15, 0.2) is 24.3 Å². The van der Waals surface area contributed by atoms with Gasteiger partial charge >= 0.3 is 12.1 Å². The van der Waals surface area contributed by atoms with Crippen LogP contribution < -0.4 is 0 Å². The van der Waals surface area contributed by atoms with Crippen LogP contribution in [0.3, 0.4) is 0 Å². The van der Waals surface area contributed by atoms with E-state index in [4.69, 9.17) is 4.74 Å². The number of ether oxygens (including phenoxy) is 2. The molecule has 0 bridgehead atoms. The van der Waals surface area contributed by atoms with E-state index in [-0.39, 0.29) is 5.91 Å². The summed E-state index contributed by atoms with van der Waals surface area (Å²) in [5, 5.41) is 2.50. The molecule has 0 atom stereocenters. The minimum Gasteiger partial charge on any atom is -0.465 e. The third kappa shape index (κ3) is 6.45. The number of rotatable bonds is 4. The highest BCUT2D eigenvalue weighted by Crippen LogP contribution is 2.12. The fraction of sp³-hybridized carbons (Fsp3) is 0.500. The van der Waals surface area contributed by atoms with Crippen molar-refractivity contribution < 1.29 is 23.9 Å². The molecule has 1 rings (SSSR count). The maximum atomic E-state index is 12.1. The van der Waals surface area contributed by atoms with E-state index in [1.54, 1.807) is 45.0 Å². The number of nitrogens with zero attached hydrogens (tertiary/aromatic N) is 2. The molecular weight excluding hydrogens is 324 g/mol. The third-order valence-corrected chi connectivity index (χ3v) is 3.37. The lowest BCUT2D eigenvalue weighted by Crippen LogP contribution is -2.49. The van der Waals surface area contributed by atoms with Crippen molar-refractivity contribution in [1.29, 1.82) is 0 Å². The zero-order chi connectivity index (χ0) is 19.2. The van der Waals surface area contributed by atoms with Crippen molar-refractivity contribution in [2.75, 3.05) is 20.7 Å². The summed E-state index contributed by atoms with van der Waals surface area (Å²) in [6.45, 7) is 6.99. The number of methoxy groups -OCH3 is 1. The molecule has 7 nitrogen and oxygen atoms in total. The van der Waals surface area contributed by atoms with Crippen LogP contribution >= 0.6 is 0 Å². The molecular formula is C18H26N2O5. The van der Waals surface area contributed by atoms with Gasteiger partial charge in [0.2, 0.25) is 5.91 Å². The smallest absolute Gasteiger partial charge is 0.429 e. The van der Waals surface area contributed by atoms with Gasteiger partial charge in [-0.05, 0) is 44.9 Å². The number of benzene rings is 1. The molecule has 0 aromatic heterocycles. The van der Waals surface area contributed by atoms with Crippen LogP contribution in [0, 0.1) is 0 Å². The Bertz CT molecular complexity index is 619. The van der Waals surface area contributed by atoms with E-state index in [0.29, 0.717) is 18.5 Å². The van der Waals surface area contributed by atoms with Gasteiger partial charge in [0.25, 0.3) is 0 Å². The van der Waals surface area contributed by atoms with Gasteiger partial charge in [0.15, 0.2) is 0 Å². The zero-order valence-corrected chi connectivity index (χ0v) is 15.7. The highest BCUT2D eigenvalue weighted by atomic mass is 16.6. The van der Waals surface area contributed by atoms with E-state index in [2.05, 4.69) is 4.74 Å². The number of hydrogen-bond acceptors (Lipinski definition) is 5. The average molecular weight is 350 g/mol. The van der Waals surface area contributed by atoms with Crippen LogP contribution in [0.4, 0.5) is 4.79 Å². The molecule has 0 aliphatic carbocycles. The maximum absolute atomic E-state index is 12.1. The van der Waals surface area contributed by atoms with Gasteiger partial charge < -0.3 is 9.47 Å². The van der Waals surface area contributed by atoms with Gasteiger partial charge in [-0.25, -0.2) is 19.6 Å². The van der Waals surface area contributed by atoms with Crippen LogP contribution in [0.2, 0.25) is 0 Å². The zero-order valence-electron chi connectivity index (χ0n) is 15.7. The molecule has 1 aromatic carbocycles. The van der Waals surface area contributed by atoms with Crippen LogP contribution in [0.1, 0.15) is 43.6 Å². The predicted octanol–water partition coefficient (Wildman–Crippen LogP) is 2.65. The molecule has 0 unspecified atom stereocenters. The first-order chi connectivity index (χ1) is 11.5. The fourth-order valence-corrected chi connectivity index (χ4v) is 2.11. The van der Waals surface area contributed by atoms with E-state index >= 15 is 0 Å². The summed E-state index contributed by atoms with van der Waals surface area (Å²) in [6.07, 6.45) is -0.0718. The monoisotopic (exact) mass is 350 g/mol. The minimum atomic E-state index is -0.641. The Balaban J connectivity index is 2.74. The number of carbonyl (C=O) groups excluding carboxylic acids is 3. The predicted molar refractivity (Wildman–Crippen MR) is 92.9 cm³/mol. The molecule has 0 N–H and O–H groups in total. The first-order valence-corrected chi connectivity index (χ1v) is 7.97. The summed E-state index contributed by atoms with van der Waals surface area (Å²) in [7, 11) is 2.82. The Morgan fingerprint density at radius 2 is 1.64 bits per heavy atom. The Morgan fingerprint density at radius 3 is 2.08 bits per heavy atom. The highest BCUT2D eigenvalue weighted by molar-refractivity contribution is 5.89. The van der Waals surface area contributed by atoms with Gasteiger partial charge in [-0.1, -0.05) is 12.1 Å². The average Bonchev–Trinajstić information content (AvgIpc) is 2.52. The molecule has 0 spiro atoms. The second kappa shape index (κ2) is 8.50. The number of esters is 1. The molecule has 0 aliphatic rings. The van der Waals surface area contributed by atoms with Crippen molar-refractivity contribution in [3.8, 4) is 0 Å². The van der Waals surface area contributed by atoms with Crippen LogP contribution in [-0.2, 0) is 20.7 Å². The number of amides is 2.